The zero-order valence-corrected chi connectivity index (χ0v) is 10.0. The number of nitrogens with one attached hydrogen (secondary N) is 1. The van der Waals surface area contributed by atoms with E-state index < -0.39 is 0 Å². The first kappa shape index (κ1) is 13.4. The summed E-state index contributed by atoms with van der Waals surface area (Å²) in [5.74, 6) is 0. The maximum atomic E-state index is 3.91. The quantitative estimate of drug-likeness (QED) is 0.460. The van der Waals surface area contributed by atoms with E-state index in [0.29, 0.717) is 0 Å². The van der Waals surface area contributed by atoms with Crippen LogP contribution in [0.1, 0.15) is 46.5 Å². The monoisotopic (exact) mass is 195 g/mol. The summed E-state index contributed by atoms with van der Waals surface area (Å²) in [5, 5.41) is 3.39. The summed E-state index contributed by atoms with van der Waals surface area (Å²) in [4.78, 5) is 0. The van der Waals surface area contributed by atoms with Crippen molar-refractivity contribution in [2.75, 3.05) is 13.1 Å². The molecule has 0 saturated carbocycles. The second-order valence-electron chi connectivity index (χ2n) is 4.05. The normalized spacial score (nSPS) is 11.8. The van der Waals surface area contributed by atoms with Gasteiger partial charge in [0.15, 0.2) is 0 Å². The van der Waals surface area contributed by atoms with E-state index >= 15 is 0 Å². The molecule has 0 heterocycles. The van der Waals surface area contributed by atoms with Crippen LogP contribution in [-0.4, -0.2) is 13.1 Å². The van der Waals surface area contributed by atoms with E-state index in [1.54, 1.807) is 0 Å². The van der Waals surface area contributed by atoms with Crippen molar-refractivity contribution < 1.29 is 0 Å². The molecule has 1 nitrogen and oxygen atoms in total. The molecule has 0 radical (unpaired) electrons. The second kappa shape index (κ2) is 9.01. The Kier molecular flexibility index (Phi) is 8.65. The first-order valence-corrected chi connectivity index (χ1v) is 5.67. The average molecular weight is 195 g/mol. The molecule has 0 unspecified atom stereocenters. The minimum Gasteiger partial charge on any atom is -0.316 e. The Morgan fingerprint density at radius 3 is 2.50 bits per heavy atom. The SMILES string of the molecule is C=C(C)CC/C(C)=C\CCNCCC. The van der Waals surface area contributed by atoms with Gasteiger partial charge in [0.25, 0.3) is 0 Å². The minimum absolute atomic E-state index is 1.11. The first-order chi connectivity index (χ1) is 6.66. The zero-order chi connectivity index (χ0) is 10.8. The predicted octanol–water partition coefficient (Wildman–Crippen LogP) is 3.68. The molecule has 0 spiro atoms. The molecule has 0 aromatic heterocycles. The number of hydrogen-bond donors (Lipinski definition) is 1. The first-order valence-electron chi connectivity index (χ1n) is 5.67. The molecule has 82 valence electrons. The van der Waals surface area contributed by atoms with E-state index in [9.17, 15) is 0 Å². The molecule has 0 amide bonds. The molecule has 0 aliphatic carbocycles. The lowest BCUT2D eigenvalue weighted by molar-refractivity contribution is 0.676. The predicted molar refractivity (Wildman–Crippen MR) is 65.6 cm³/mol. The topological polar surface area (TPSA) is 12.0 Å². The van der Waals surface area contributed by atoms with Gasteiger partial charge in [0.2, 0.25) is 0 Å². The van der Waals surface area contributed by atoms with E-state index in [4.69, 9.17) is 0 Å². The van der Waals surface area contributed by atoms with Gasteiger partial charge in [-0.3, -0.25) is 0 Å². The van der Waals surface area contributed by atoms with Crippen LogP contribution in [0, 0.1) is 0 Å². The average Bonchev–Trinajstić information content (AvgIpc) is 2.14. The number of rotatable bonds is 8. The lowest BCUT2D eigenvalue weighted by atomic mass is 10.1. The van der Waals surface area contributed by atoms with Gasteiger partial charge in [-0.15, -0.1) is 6.58 Å². The molecule has 0 rings (SSSR count). The number of allylic oxidation sites excluding steroid dienone is 2. The van der Waals surface area contributed by atoms with Gasteiger partial charge in [0.1, 0.15) is 0 Å². The Hall–Kier alpha value is -0.560. The highest BCUT2D eigenvalue weighted by atomic mass is 14.8. The molecule has 0 aliphatic heterocycles. The van der Waals surface area contributed by atoms with Crippen molar-refractivity contribution in [1.82, 2.24) is 5.32 Å². The Morgan fingerprint density at radius 1 is 1.21 bits per heavy atom. The van der Waals surface area contributed by atoms with E-state index in [1.807, 2.05) is 0 Å². The molecular weight excluding hydrogens is 170 g/mol. The Bertz CT molecular complexity index is 180. The molecule has 1 N–H and O–H groups in total. The summed E-state index contributed by atoms with van der Waals surface area (Å²) >= 11 is 0. The summed E-state index contributed by atoms with van der Waals surface area (Å²) in [6.07, 6.45) is 7.01. The van der Waals surface area contributed by atoms with E-state index in [2.05, 4.69) is 38.7 Å². The highest BCUT2D eigenvalue weighted by molar-refractivity contribution is 5.02. The summed E-state index contributed by atoms with van der Waals surface area (Å²) in [6.45, 7) is 12.7. The van der Waals surface area contributed by atoms with E-state index in [-0.39, 0.29) is 0 Å². The Morgan fingerprint density at radius 2 is 1.93 bits per heavy atom. The van der Waals surface area contributed by atoms with Gasteiger partial charge >= 0.3 is 0 Å². The van der Waals surface area contributed by atoms with Crippen LogP contribution < -0.4 is 5.32 Å². The van der Waals surface area contributed by atoms with E-state index in [1.165, 1.54) is 24.0 Å². The van der Waals surface area contributed by atoms with Crippen molar-refractivity contribution in [2.24, 2.45) is 0 Å². The van der Waals surface area contributed by atoms with Crippen molar-refractivity contribution in [3.8, 4) is 0 Å². The molecule has 0 bridgehead atoms. The van der Waals surface area contributed by atoms with Gasteiger partial charge in [-0.1, -0.05) is 24.1 Å². The van der Waals surface area contributed by atoms with Crippen molar-refractivity contribution in [3.05, 3.63) is 23.8 Å². The van der Waals surface area contributed by atoms with Crippen molar-refractivity contribution in [2.45, 2.75) is 46.5 Å². The van der Waals surface area contributed by atoms with Gasteiger partial charge in [0.05, 0.1) is 0 Å². The largest absolute Gasteiger partial charge is 0.316 e. The van der Waals surface area contributed by atoms with Crippen LogP contribution in [0.25, 0.3) is 0 Å². The smallest absolute Gasteiger partial charge is 0.00142 e. The van der Waals surface area contributed by atoms with Crippen LogP contribution in [0.5, 0.6) is 0 Å². The highest BCUT2D eigenvalue weighted by Crippen LogP contribution is 2.09. The molecule has 14 heavy (non-hydrogen) atoms. The van der Waals surface area contributed by atoms with Gasteiger partial charge in [-0.25, -0.2) is 0 Å². The summed E-state index contributed by atoms with van der Waals surface area (Å²) in [7, 11) is 0. The Balaban J connectivity index is 3.41. The third-order valence-electron chi connectivity index (χ3n) is 2.19. The lowest BCUT2D eigenvalue weighted by Gasteiger charge is -2.02. The maximum absolute atomic E-state index is 3.91. The maximum Gasteiger partial charge on any atom is -0.00142 e. The van der Waals surface area contributed by atoms with Crippen molar-refractivity contribution in [1.29, 1.82) is 0 Å². The molecule has 0 fully saturated rings. The van der Waals surface area contributed by atoms with Gasteiger partial charge in [0, 0.05) is 0 Å². The standard InChI is InChI=1S/C13H25N/c1-5-10-14-11-6-7-13(4)9-8-12(2)3/h7,14H,2,5-6,8-11H2,1,3-4H3/b13-7-. The summed E-state index contributed by atoms with van der Waals surface area (Å²) < 4.78 is 0. The Labute approximate surface area is 89.3 Å². The summed E-state index contributed by atoms with van der Waals surface area (Å²) in [5.41, 5.74) is 2.77. The summed E-state index contributed by atoms with van der Waals surface area (Å²) in [6, 6.07) is 0. The van der Waals surface area contributed by atoms with Crippen molar-refractivity contribution in [3.63, 3.8) is 0 Å². The molecule has 0 aromatic rings. The second-order valence-corrected chi connectivity index (χ2v) is 4.05. The van der Waals surface area contributed by atoms with Gasteiger partial charge in [-0.05, 0) is 52.6 Å². The third kappa shape index (κ3) is 9.53. The molecule has 0 saturated heterocycles. The van der Waals surface area contributed by atoms with Crippen LogP contribution in [-0.2, 0) is 0 Å². The van der Waals surface area contributed by atoms with Crippen LogP contribution >= 0.6 is 0 Å². The third-order valence-corrected chi connectivity index (χ3v) is 2.19. The van der Waals surface area contributed by atoms with Crippen LogP contribution in [0.2, 0.25) is 0 Å². The molecule has 1 heteroatoms. The fraction of sp³-hybridized carbons (Fsp3) is 0.692. The van der Waals surface area contributed by atoms with Gasteiger partial charge in [-0.2, -0.15) is 0 Å². The number of hydrogen-bond acceptors (Lipinski definition) is 1. The van der Waals surface area contributed by atoms with Crippen LogP contribution in [0.4, 0.5) is 0 Å². The molecular formula is C13H25N. The van der Waals surface area contributed by atoms with E-state index in [0.717, 1.165) is 25.9 Å². The molecule has 0 aromatic carbocycles. The van der Waals surface area contributed by atoms with Gasteiger partial charge < -0.3 is 5.32 Å². The molecule has 0 aliphatic rings. The lowest BCUT2D eigenvalue weighted by Crippen LogP contribution is -2.15. The van der Waals surface area contributed by atoms with Crippen molar-refractivity contribution >= 4 is 0 Å². The molecule has 0 atom stereocenters. The van der Waals surface area contributed by atoms with Crippen LogP contribution in [0.3, 0.4) is 0 Å². The fourth-order valence-electron chi connectivity index (χ4n) is 1.24. The zero-order valence-electron chi connectivity index (χ0n) is 10.0. The fourth-order valence-corrected chi connectivity index (χ4v) is 1.24. The minimum atomic E-state index is 1.11. The van der Waals surface area contributed by atoms with Crippen LogP contribution in [0.15, 0.2) is 23.8 Å². The highest BCUT2D eigenvalue weighted by Gasteiger charge is 1.91.